The monoisotopic (exact) mass is 338 g/mol. The molecule has 2 fully saturated rings. The molecule has 0 aromatic heterocycles. The molecular weight excluding hydrogens is 320 g/mol. The third kappa shape index (κ3) is 1.97. The van der Waals surface area contributed by atoms with Gasteiger partial charge in [0.05, 0.1) is 16.8 Å². The van der Waals surface area contributed by atoms with Gasteiger partial charge in [-0.25, -0.2) is 4.90 Å². The van der Waals surface area contributed by atoms with Crippen molar-refractivity contribution in [2.75, 3.05) is 4.90 Å². The van der Waals surface area contributed by atoms with Gasteiger partial charge in [0.2, 0.25) is 11.8 Å². The minimum atomic E-state index is -0.536. The molecule has 4 rings (SSSR count). The molecule has 25 heavy (non-hydrogen) atoms. The van der Waals surface area contributed by atoms with Crippen molar-refractivity contribution < 1.29 is 14.5 Å². The minimum Gasteiger partial charge on any atom is -0.274 e. The molecule has 6 heteroatoms. The Hall–Kier alpha value is -2.76. The summed E-state index contributed by atoms with van der Waals surface area (Å²) >= 11 is 0. The first kappa shape index (κ1) is 15.7. The molecule has 1 saturated heterocycles. The third-order valence-corrected chi connectivity index (χ3v) is 5.56. The maximum Gasteiger partial charge on any atom is 0.293 e. The highest BCUT2D eigenvalue weighted by atomic mass is 16.6. The normalized spacial score (nSPS) is 29.6. The highest BCUT2D eigenvalue weighted by Gasteiger charge is 2.62. The zero-order valence-electron chi connectivity index (χ0n) is 14.2. The summed E-state index contributed by atoms with van der Waals surface area (Å²) < 4.78 is 0. The van der Waals surface area contributed by atoms with E-state index in [1.807, 2.05) is 26.0 Å². The Morgan fingerprint density at radius 3 is 2.12 bits per heavy atom. The maximum absolute atomic E-state index is 13.0. The predicted molar refractivity (Wildman–Crippen MR) is 91.8 cm³/mol. The number of imide groups is 1. The zero-order valence-corrected chi connectivity index (χ0v) is 14.2. The number of rotatable bonds is 2. The fraction of sp³-hybridized carbons (Fsp3) is 0.368. The summed E-state index contributed by atoms with van der Waals surface area (Å²) in [7, 11) is 0. The van der Waals surface area contributed by atoms with Crippen LogP contribution in [0.5, 0.6) is 0 Å². The molecule has 1 saturated carbocycles. The van der Waals surface area contributed by atoms with Crippen LogP contribution in [0.2, 0.25) is 0 Å². The van der Waals surface area contributed by atoms with E-state index in [1.165, 1.54) is 12.1 Å². The van der Waals surface area contributed by atoms with Gasteiger partial charge in [0, 0.05) is 17.9 Å². The summed E-state index contributed by atoms with van der Waals surface area (Å²) in [6, 6.07) is 4.59. The summed E-state index contributed by atoms with van der Waals surface area (Å²) in [6.45, 7) is 5.74. The topological polar surface area (TPSA) is 80.5 Å². The van der Waals surface area contributed by atoms with Crippen molar-refractivity contribution in [3.05, 3.63) is 57.2 Å². The number of allylic oxidation sites excluding steroid dienone is 4. The average Bonchev–Trinajstić information content (AvgIpc) is 3.18. The second-order valence-electron chi connectivity index (χ2n) is 7.20. The number of hydrogen-bond acceptors (Lipinski definition) is 4. The summed E-state index contributed by atoms with van der Waals surface area (Å²) in [5, 5.41) is 11.4. The van der Waals surface area contributed by atoms with Crippen LogP contribution in [0.1, 0.15) is 19.4 Å². The van der Waals surface area contributed by atoms with Crippen LogP contribution in [0.25, 0.3) is 0 Å². The highest BCUT2D eigenvalue weighted by molar-refractivity contribution is 6.24. The number of anilines is 1. The molecule has 1 aliphatic heterocycles. The lowest BCUT2D eigenvalue weighted by Crippen LogP contribution is -2.33. The maximum atomic E-state index is 13.0. The number of nitrogens with zero attached hydrogens (tertiary/aromatic N) is 2. The Labute approximate surface area is 145 Å². The molecule has 128 valence electrons. The molecule has 2 aliphatic carbocycles. The van der Waals surface area contributed by atoms with E-state index in [-0.39, 0.29) is 35.0 Å². The van der Waals surface area contributed by atoms with Crippen molar-refractivity contribution in [1.29, 1.82) is 0 Å². The van der Waals surface area contributed by atoms with Crippen LogP contribution in [-0.4, -0.2) is 16.7 Å². The van der Waals surface area contributed by atoms with Gasteiger partial charge in [0.25, 0.3) is 5.69 Å². The molecule has 0 unspecified atom stereocenters. The van der Waals surface area contributed by atoms with Gasteiger partial charge in [-0.2, -0.15) is 0 Å². The second kappa shape index (κ2) is 5.12. The van der Waals surface area contributed by atoms with E-state index in [9.17, 15) is 19.7 Å². The largest absolute Gasteiger partial charge is 0.293 e. The van der Waals surface area contributed by atoms with Crippen LogP contribution >= 0.6 is 0 Å². The Balaban J connectivity index is 1.81. The van der Waals surface area contributed by atoms with Crippen molar-refractivity contribution in [2.45, 2.75) is 20.8 Å². The molecule has 4 atom stereocenters. The Morgan fingerprint density at radius 2 is 1.64 bits per heavy atom. The van der Waals surface area contributed by atoms with Gasteiger partial charge in [-0.05, 0) is 32.4 Å². The van der Waals surface area contributed by atoms with Crippen LogP contribution in [0, 0.1) is 40.7 Å². The van der Waals surface area contributed by atoms with E-state index in [2.05, 4.69) is 0 Å². The first-order valence-corrected chi connectivity index (χ1v) is 8.31. The van der Waals surface area contributed by atoms with Crippen molar-refractivity contribution in [3.63, 3.8) is 0 Å². The minimum absolute atomic E-state index is 0.0639. The molecule has 1 aromatic carbocycles. The van der Waals surface area contributed by atoms with Crippen LogP contribution < -0.4 is 4.90 Å². The highest BCUT2D eigenvalue weighted by Crippen LogP contribution is 2.57. The number of carbonyl (C=O) groups is 2. The fourth-order valence-corrected chi connectivity index (χ4v) is 4.64. The number of aryl methyl sites for hydroxylation is 1. The lowest BCUT2D eigenvalue weighted by Gasteiger charge is -2.19. The first-order valence-electron chi connectivity index (χ1n) is 8.31. The first-order chi connectivity index (χ1) is 11.8. The summed E-state index contributed by atoms with van der Waals surface area (Å²) in [4.78, 5) is 38.0. The van der Waals surface area contributed by atoms with Crippen LogP contribution in [0.3, 0.4) is 0 Å². The molecule has 1 aromatic rings. The lowest BCUT2D eigenvalue weighted by atomic mass is 9.85. The van der Waals surface area contributed by atoms with Crippen LogP contribution in [0.4, 0.5) is 11.4 Å². The molecule has 2 bridgehead atoms. The molecule has 0 N–H and O–H groups in total. The van der Waals surface area contributed by atoms with Crippen molar-refractivity contribution in [2.24, 2.45) is 23.7 Å². The molecule has 1 heterocycles. The Bertz CT molecular complexity index is 861. The number of nitro benzene ring substituents is 1. The van der Waals surface area contributed by atoms with E-state index >= 15 is 0 Å². The number of hydrogen-bond donors (Lipinski definition) is 0. The Kier molecular flexibility index (Phi) is 3.22. The van der Waals surface area contributed by atoms with Gasteiger partial charge < -0.3 is 0 Å². The SMILES string of the molecule is CC(C)=C1[C@H]2C=C[C@H]1[C@@H]1C(=O)N(c3ccc(C)cc3[N+](=O)[O-])C(=O)[C@H]12. The van der Waals surface area contributed by atoms with Gasteiger partial charge in [-0.3, -0.25) is 19.7 Å². The van der Waals surface area contributed by atoms with Crippen molar-refractivity contribution in [3.8, 4) is 0 Å². The van der Waals surface area contributed by atoms with Crippen molar-refractivity contribution in [1.82, 2.24) is 0 Å². The van der Waals surface area contributed by atoms with Crippen LogP contribution in [-0.2, 0) is 9.59 Å². The summed E-state index contributed by atoms with van der Waals surface area (Å²) in [5.74, 6) is -1.64. The summed E-state index contributed by atoms with van der Waals surface area (Å²) in [6.07, 6.45) is 4.01. The van der Waals surface area contributed by atoms with Crippen molar-refractivity contribution >= 4 is 23.2 Å². The smallest absolute Gasteiger partial charge is 0.274 e. The molecule has 3 aliphatic rings. The number of benzene rings is 1. The number of amides is 2. The number of nitro groups is 1. The van der Waals surface area contributed by atoms with E-state index < -0.39 is 16.8 Å². The molecule has 2 amide bonds. The van der Waals surface area contributed by atoms with Gasteiger partial charge in [-0.15, -0.1) is 0 Å². The van der Waals surface area contributed by atoms with E-state index in [0.717, 1.165) is 16.0 Å². The van der Waals surface area contributed by atoms with Gasteiger partial charge in [0.1, 0.15) is 5.69 Å². The standard InChI is InChI=1S/C19H18N2O4/c1-9(2)15-11-5-6-12(15)17-16(11)18(22)20(19(17)23)13-7-4-10(3)8-14(13)21(24)25/h4-8,11-12,16-17H,1-3H3/t11-,12-,16+,17+/m1/s1. The fourth-order valence-electron chi connectivity index (χ4n) is 4.64. The second-order valence-corrected chi connectivity index (χ2v) is 7.20. The molecule has 0 radical (unpaired) electrons. The average molecular weight is 338 g/mol. The van der Waals surface area contributed by atoms with Gasteiger partial charge in [0.15, 0.2) is 0 Å². The number of carbonyl (C=O) groups excluding carboxylic acids is 2. The Morgan fingerprint density at radius 1 is 1.08 bits per heavy atom. The molecule has 0 spiro atoms. The zero-order chi connectivity index (χ0) is 18.0. The predicted octanol–water partition coefficient (Wildman–Crippen LogP) is 3.16. The molecule has 6 nitrogen and oxygen atoms in total. The van der Waals surface area contributed by atoms with E-state index in [0.29, 0.717) is 5.56 Å². The van der Waals surface area contributed by atoms with E-state index in [4.69, 9.17) is 0 Å². The lowest BCUT2D eigenvalue weighted by molar-refractivity contribution is -0.384. The summed E-state index contributed by atoms with van der Waals surface area (Å²) in [5.41, 5.74) is 2.89. The number of fused-ring (bicyclic) bond motifs is 5. The van der Waals surface area contributed by atoms with Gasteiger partial charge in [-0.1, -0.05) is 29.4 Å². The quantitative estimate of drug-likeness (QED) is 0.359. The molecular formula is C19H18N2O4. The van der Waals surface area contributed by atoms with Gasteiger partial charge >= 0.3 is 0 Å². The van der Waals surface area contributed by atoms with E-state index in [1.54, 1.807) is 13.0 Å². The van der Waals surface area contributed by atoms with Crippen LogP contribution in [0.15, 0.2) is 41.5 Å². The third-order valence-electron chi connectivity index (χ3n) is 5.56.